The summed E-state index contributed by atoms with van der Waals surface area (Å²) in [6, 6.07) is 6.12. The fraction of sp³-hybridized carbons (Fsp3) is 0.500. The molecule has 0 radical (unpaired) electrons. The summed E-state index contributed by atoms with van der Waals surface area (Å²) in [7, 11) is 2.06. The van der Waals surface area contributed by atoms with E-state index in [1.54, 1.807) is 0 Å². The van der Waals surface area contributed by atoms with E-state index in [1.165, 1.54) is 6.92 Å². The van der Waals surface area contributed by atoms with Crippen LogP contribution >= 0.6 is 0 Å². The first kappa shape index (κ1) is 13.6. The first-order valence-corrected chi connectivity index (χ1v) is 6.10. The predicted octanol–water partition coefficient (Wildman–Crippen LogP) is 3.10. The van der Waals surface area contributed by atoms with E-state index in [1.807, 2.05) is 18.2 Å². The summed E-state index contributed by atoms with van der Waals surface area (Å²) in [5, 5.41) is 0. The molecule has 3 heteroatoms. The number of ketones is 1. The Morgan fingerprint density at radius 1 is 1.47 bits per heavy atom. The number of anilines is 2. The van der Waals surface area contributed by atoms with E-state index in [0.29, 0.717) is 17.3 Å². The lowest BCUT2D eigenvalue weighted by Crippen LogP contribution is -2.28. The molecule has 1 aromatic rings. The van der Waals surface area contributed by atoms with Gasteiger partial charge in [0.2, 0.25) is 0 Å². The van der Waals surface area contributed by atoms with Gasteiger partial charge in [-0.2, -0.15) is 0 Å². The molecule has 0 bridgehead atoms. The number of benzene rings is 1. The SMILES string of the molecule is CCCC(C)N(C)c1ccc(C(C)=O)c(N)c1. The topological polar surface area (TPSA) is 46.3 Å². The number of carbonyl (C=O) groups excluding carboxylic acids is 1. The van der Waals surface area contributed by atoms with Crippen molar-refractivity contribution in [3.8, 4) is 0 Å². The van der Waals surface area contributed by atoms with Crippen LogP contribution in [-0.4, -0.2) is 18.9 Å². The Kier molecular flexibility index (Phi) is 4.55. The molecule has 1 atom stereocenters. The van der Waals surface area contributed by atoms with Crippen LogP contribution < -0.4 is 10.6 Å². The Labute approximate surface area is 104 Å². The van der Waals surface area contributed by atoms with Crippen molar-refractivity contribution in [2.75, 3.05) is 17.7 Å². The van der Waals surface area contributed by atoms with Crippen LogP contribution in [0.2, 0.25) is 0 Å². The third-order valence-electron chi connectivity index (χ3n) is 3.19. The van der Waals surface area contributed by atoms with Crippen molar-refractivity contribution in [2.24, 2.45) is 0 Å². The summed E-state index contributed by atoms with van der Waals surface area (Å²) >= 11 is 0. The highest BCUT2D eigenvalue weighted by atomic mass is 16.1. The molecule has 1 aromatic carbocycles. The minimum absolute atomic E-state index is 0.0123. The molecule has 0 amide bonds. The van der Waals surface area contributed by atoms with Crippen LogP contribution in [0.4, 0.5) is 11.4 Å². The Morgan fingerprint density at radius 2 is 2.12 bits per heavy atom. The summed E-state index contributed by atoms with van der Waals surface area (Å²) in [6.45, 7) is 5.91. The maximum atomic E-state index is 11.3. The zero-order valence-corrected chi connectivity index (χ0v) is 11.2. The highest BCUT2D eigenvalue weighted by Crippen LogP contribution is 2.23. The normalized spacial score (nSPS) is 12.2. The number of Topliss-reactive ketones (excluding diaryl/α,β-unsaturated/α-hetero) is 1. The Balaban J connectivity index is 2.93. The van der Waals surface area contributed by atoms with Crippen LogP contribution in [0.3, 0.4) is 0 Å². The number of hydrogen-bond donors (Lipinski definition) is 1. The summed E-state index contributed by atoms with van der Waals surface area (Å²) in [6.07, 6.45) is 2.30. The number of nitrogen functional groups attached to an aromatic ring is 1. The van der Waals surface area contributed by atoms with Crippen LogP contribution in [0.15, 0.2) is 18.2 Å². The predicted molar refractivity (Wildman–Crippen MR) is 73.6 cm³/mol. The second-order valence-electron chi connectivity index (χ2n) is 4.58. The molecule has 0 saturated heterocycles. The van der Waals surface area contributed by atoms with Crippen molar-refractivity contribution in [3.05, 3.63) is 23.8 Å². The van der Waals surface area contributed by atoms with Gasteiger partial charge in [-0.3, -0.25) is 4.79 Å². The van der Waals surface area contributed by atoms with Gasteiger partial charge in [0.05, 0.1) is 0 Å². The van der Waals surface area contributed by atoms with Gasteiger partial charge < -0.3 is 10.6 Å². The van der Waals surface area contributed by atoms with Gasteiger partial charge in [-0.25, -0.2) is 0 Å². The van der Waals surface area contributed by atoms with E-state index in [-0.39, 0.29) is 5.78 Å². The number of nitrogens with zero attached hydrogens (tertiary/aromatic N) is 1. The summed E-state index contributed by atoms with van der Waals surface area (Å²) in [5.41, 5.74) is 8.11. The summed E-state index contributed by atoms with van der Waals surface area (Å²) in [4.78, 5) is 13.5. The van der Waals surface area contributed by atoms with E-state index >= 15 is 0 Å². The van der Waals surface area contributed by atoms with Gasteiger partial charge >= 0.3 is 0 Å². The number of carbonyl (C=O) groups is 1. The van der Waals surface area contributed by atoms with Gasteiger partial charge in [0.1, 0.15) is 0 Å². The van der Waals surface area contributed by atoms with Crippen molar-refractivity contribution < 1.29 is 4.79 Å². The maximum Gasteiger partial charge on any atom is 0.161 e. The average Bonchev–Trinajstić information content (AvgIpc) is 2.27. The molecule has 0 heterocycles. The van der Waals surface area contributed by atoms with Crippen molar-refractivity contribution >= 4 is 17.2 Å². The summed E-state index contributed by atoms with van der Waals surface area (Å²) in [5.74, 6) is 0.0123. The smallest absolute Gasteiger partial charge is 0.161 e. The van der Waals surface area contributed by atoms with E-state index < -0.39 is 0 Å². The monoisotopic (exact) mass is 234 g/mol. The Morgan fingerprint density at radius 3 is 2.59 bits per heavy atom. The molecular formula is C14H22N2O. The van der Waals surface area contributed by atoms with E-state index in [0.717, 1.165) is 18.5 Å². The quantitative estimate of drug-likeness (QED) is 0.629. The lowest BCUT2D eigenvalue weighted by molar-refractivity contribution is 0.101. The minimum atomic E-state index is 0.0123. The lowest BCUT2D eigenvalue weighted by atomic mass is 10.1. The zero-order chi connectivity index (χ0) is 13.0. The molecule has 0 saturated carbocycles. The Hall–Kier alpha value is -1.51. The molecule has 0 aliphatic heterocycles. The molecule has 94 valence electrons. The van der Waals surface area contributed by atoms with Crippen LogP contribution in [0.1, 0.15) is 44.0 Å². The van der Waals surface area contributed by atoms with Crippen molar-refractivity contribution in [2.45, 2.75) is 39.7 Å². The van der Waals surface area contributed by atoms with Crippen LogP contribution in [0, 0.1) is 0 Å². The molecular weight excluding hydrogens is 212 g/mol. The lowest BCUT2D eigenvalue weighted by Gasteiger charge is -2.27. The maximum absolute atomic E-state index is 11.3. The molecule has 1 rings (SSSR count). The van der Waals surface area contributed by atoms with Gasteiger partial charge in [0.25, 0.3) is 0 Å². The highest BCUT2D eigenvalue weighted by Gasteiger charge is 2.11. The van der Waals surface area contributed by atoms with Gasteiger partial charge in [-0.1, -0.05) is 13.3 Å². The third-order valence-corrected chi connectivity index (χ3v) is 3.19. The molecule has 2 N–H and O–H groups in total. The van der Waals surface area contributed by atoms with Crippen LogP contribution in [0.25, 0.3) is 0 Å². The van der Waals surface area contributed by atoms with E-state index in [9.17, 15) is 4.79 Å². The second kappa shape index (κ2) is 5.71. The van der Waals surface area contributed by atoms with Crippen molar-refractivity contribution in [1.29, 1.82) is 0 Å². The molecule has 3 nitrogen and oxygen atoms in total. The number of hydrogen-bond acceptors (Lipinski definition) is 3. The molecule has 0 aliphatic rings. The van der Waals surface area contributed by atoms with Gasteiger partial charge in [0, 0.05) is 30.0 Å². The largest absolute Gasteiger partial charge is 0.398 e. The fourth-order valence-corrected chi connectivity index (χ4v) is 1.96. The minimum Gasteiger partial charge on any atom is -0.398 e. The summed E-state index contributed by atoms with van der Waals surface area (Å²) < 4.78 is 0. The van der Waals surface area contributed by atoms with E-state index in [2.05, 4.69) is 25.8 Å². The van der Waals surface area contributed by atoms with Crippen LogP contribution in [-0.2, 0) is 0 Å². The second-order valence-corrected chi connectivity index (χ2v) is 4.58. The standard InChI is InChI=1S/C14H22N2O/c1-5-6-10(2)16(4)12-7-8-13(11(3)17)14(15)9-12/h7-10H,5-6,15H2,1-4H3. The first-order valence-electron chi connectivity index (χ1n) is 6.10. The van der Waals surface area contributed by atoms with Gasteiger partial charge in [-0.05, 0) is 38.5 Å². The molecule has 1 unspecified atom stereocenters. The Bertz CT molecular complexity index is 401. The van der Waals surface area contributed by atoms with Crippen LogP contribution in [0.5, 0.6) is 0 Å². The highest BCUT2D eigenvalue weighted by molar-refractivity contribution is 5.99. The van der Waals surface area contributed by atoms with Gasteiger partial charge in [-0.15, -0.1) is 0 Å². The fourth-order valence-electron chi connectivity index (χ4n) is 1.96. The van der Waals surface area contributed by atoms with Gasteiger partial charge in [0.15, 0.2) is 5.78 Å². The van der Waals surface area contributed by atoms with E-state index in [4.69, 9.17) is 5.73 Å². The molecule has 0 fully saturated rings. The van der Waals surface area contributed by atoms with Crippen molar-refractivity contribution in [3.63, 3.8) is 0 Å². The zero-order valence-electron chi connectivity index (χ0n) is 11.2. The third kappa shape index (κ3) is 3.22. The number of nitrogens with two attached hydrogens (primary N) is 1. The number of rotatable bonds is 5. The van der Waals surface area contributed by atoms with Crippen molar-refractivity contribution in [1.82, 2.24) is 0 Å². The first-order chi connectivity index (χ1) is 7.97. The molecule has 0 spiro atoms. The average molecular weight is 234 g/mol. The molecule has 0 aromatic heterocycles. The molecule has 0 aliphatic carbocycles. The molecule has 17 heavy (non-hydrogen) atoms.